The highest BCUT2D eigenvalue weighted by Gasteiger charge is 2.37. The van der Waals surface area contributed by atoms with E-state index in [1.54, 1.807) is 18.3 Å². The Kier molecular flexibility index (Phi) is 4.96. The van der Waals surface area contributed by atoms with Crippen LogP contribution in [-0.4, -0.2) is 52.0 Å². The lowest BCUT2D eigenvalue weighted by Gasteiger charge is -2.42. The number of hydrogen-bond donors (Lipinski definition) is 2. The van der Waals surface area contributed by atoms with Crippen LogP contribution in [0.1, 0.15) is 36.2 Å². The monoisotopic (exact) mass is 381 g/mol. The number of nitrogens with one attached hydrogen (secondary N) is 1. The van der Waals surface area contributed by atoms with Crippen molar-refractivity contribution in [1.29, 1.82) is 0 Å². The minimum atomic E-state index is -0.780. The van der Waals surface area contributed by atoms with Crippen molar-refractivity contribution in [2.75, 3.05) is 13.1 Å². The second-order valence-corrected chi connectivity index (χ2v) is 7.34. The molecule has 0 atom stereocenters. The van der Waals surface area contributed by atoms with Crippen molar-refractivity contribution in [2.45, 2.75) is 37.8 Å². The van der Waals surface area contributed by atoms with Gasteiger partial charge in [-0.15, -0.1) is 0 Å². The Bertz CT molecular complexity index is 583. The van der Waals surface area contributed by atoms with E-state index in [9.17, 15) is 9.59 Å². The summed E-state index contributed by atoms with van der Waals surface area (Å²) in [5, 5.41) is 12.0. The Morgan fingerprint density at radius 3 is 2.65 bits per heavy atom. The quantitative estimate of drug-likeness (QED) is 0.753. The first-order valence-corrected chi connectivity index (χ1v) is 8.69. The second kappa shape index (κ2) is 6.97. The molecule has 1 aromatic heterocycles. The van der Waals surface area contributed by atoms with Crippen molar-refractivity contribution in [3.63, 3.8) is 0 Å². The number of amides is 1. The van der Waals surface area contributed by atoms with Gasteiger partial charge in [-0.3, -0.25) is 14.5 Å². The van der Waals surface area contributed by atoms with E-state index in [1.807, 2.05) is 0 Å². The van der Waals surface area contributed by atoms with Crippen molar-refractivity contribution >= 4 is 27.8 Å². The van der Waals surface area contributed by atoms with Gasteiger partial charge in [-0.2, -0.15) is 0 Å². The molecule has 2 aliphatic carbocycles. The Balaban J connectivity index is 1.48. The molecular formula is C16H20BrN3O3. The Hall–Kier alpha value is -1.47. The van der Waals surface area contributed by atoms with E-state index in [1.165, 1.54) is 12.8 Å². The van der Waals surface area contributed by atoms with Gasteiger partial charge in [0.1, 0.15) is 5.69 Å². The minimum absolute atomic E-state index is 0.0934. The molecule has 0 saturated heterocycles. The van der Waals surface area contributed by atoms with Gasteiger partial charge in [0.15, 0.2) is 0 Å². The van der Waals surface area contributed by atoms with Crippen LogP contribution in [0.5, 0.6) is 0 Å². The third kappa shape index (κ3) is 4.51. The van der Waals surface area contributed by atoms with Crippen molar-refractivity contribution in [1.82, 2.24) is 15.2 Å². The number of carbonyl (C=O) groups excluding carboxylic acids is 1. The predicted octanol–water partition coefficient (Wildman–Crippen LogP) is 1.90. The molecule has 3 rings (SSSR count). The van der Waals surface area contributed by atoms with E-state index in [2.05, 4.69) is 31.1 Å². The summed E-state index contributed by atoms with van der Waals surface area (Å²) in [7, 11) is 0. The molecule has 6 nitrogen and oxygen atoms in total. The number of nitrogens with zero attached hydrogens (tertiary/aromatic N) is 2. The highest BCUT2D eigenvalue weighted by Crippen LogP contribution is 2.33. The summed E-state index contributed by atoms with van der Waals surface area (Å²) in [6, 6.07) is 3.83. The van der Waals surface area contributed by atoms with Gasteiger partial charge >= 0.3 is 5.97 Å². The standard InChI is InChI=1S/C16H20BrN3O3/c17-11-3-4-14(18-7-11)16(23)19-12-5-13(6-12)20(9-15(21)22)8-10-1-2-10/h3-4,7,10,12-13H,1-2,5-6,8-9H2,(H,19,23)(H,21,22). The fourth-order valence-electron chi connectivity index (χ4n) is 2.92. The third-order valence-corrected chi connectivity index (χ3v) is 4.92. The topological polar surface area (TPSA) is 82.5 Å². The van der Waals surface area contributed by atoms with Gasteiger partial charge in [-0.1, -0.05) is 0 Å². The van der Waals surface area contributed by atoms with Crippen LogP contribution in [0.25, 0.3) is 0 Å². The van der Waals surface area contributed by atoms with E-state index in [0.717, 1.165) is 23.9 Å². The summed E-state index contributed by atoms with van der Waals surface area (Å²) in [4.78, 5) is 29.2. The first kappa shape index (κ1) is 16.4. The average Bonchev–Trinajstić information content (AvgIpc) is 3.25. The predicted molar refractivity (Wildman–Crippen MR) is 88.1 cm³/mol. The number of aromatic nitrogens is 1. The summed E-state index contributed by atoms with van der Waals surface area (Å²) < 4.78 is 0.835. The molecular weight excluding hydrogens is 362 g/mol. The van der Waals surface area contributed by atoms with E-state index < -0.39 is 5.97 Å². The maximum Gasteiger partial charge on any atom is 0.317 e. The highest BCUT2D eigenvalue weighted by atomic mass is 79.9. The SMILES string of the molecule is O=C(O)CN(CC1CC1)C1CC(NC(=O)c2ccc(Br)cn2)C1. The van der Waals surface area contributed by atoms with Gasteiger partial charge in [0.2, 0.25) is 0 Å². The molecule has 0 aliphatic heterocycles. The lowest BCUT2D eigenvalue weighted by molar-refractivity contribution is -0.139. The van der Waals surface area contributed by atoms with Gasteiger partial charge in [-0.05, 0) is 59.7 Å². The molecule has 2 fully saturated rings. The van der Waals surface area contributed by atoms with Crippen LogP contribution in [0.3, 0.4) is 0 Å². The largest absolute Gasteiger partial charge is 0.480 e. The average molecular weight is 382 g/mol. The fraction of sp³-hybridized carbons (Fsp3) is 0.562. The number of rotatable bonds is 7. The van der Waals surface area contributed by atoms with Crippen LogP contribution in [-0.2, 0) is 4.79 Å². The Morgan fingerprint density at radius 2 is 2.09 bits per heavy atom. The lowest BCUT2D eigenvalue weighted by atomic mass is 9.85. The van der Waals surface area contributed by atoms with E-state index >= 15 is 0 Å². The van der Waals surface area contributed by atoms with Gasteiger partial charge in [0.25, 0.3) is 5.91 Å². The smallest absolute Gasteiger partial charge is 0.317 e. The van der Waals surface area contributed by atoms with Crippen molar-refractivity contribution in [3.8, 4) is 0 Å². The zero-order valence-electron chi connectivity index (χ0n) is 12.7. The van der Waals surface area contributed by atoms with Crippen molar-refractivity contribution in [2.24, 2.45) is 5.92 Å². The maximum atomic E-state index is 12.1. The van der Waals surface area contributed by atoms with Gasteiger partial charge in [0.05, 0.1) is 6.54 Å². The summed E-state index contributed by atoms with van der Waals surface area (Å²) in [5.74, 6) is -0.292. The molecule has 2 saturated carbocycles. The molecule has 1 amide bonds. The van der Waals surface area contributed by atoms with Crippen LogP contribution < -0.4 is 5.32 Å². The number of aliphatic carboxylic acids is 1. The van der Waals surface area contributed by atoms with Crippen molar-refractivity contribution in [3.05, 3.63) is 28.5 Å². The molecule has 0 aromatic carbocycles. The molecule has 2 aliphatic rings. The summed E-state index contributed by atoms with van der Waals surface area (Å²) in [5.41, 5.74) is 0.400. The van der Waals surface area contributed by atoms with Gasteiger partial charge < -0.3 is 10.4 Å². The number of carboxylic acid groups (broad SMARTS) is 1. The maximum absolute atomic E-state index is 12.1. The number of carboxylic acids is 1. The van der Waals surface area contributed by atoms with Crippen LogP contribution in [0.15, 0.2) is 22.8 Å². The number of pyridine rings is 1. The van der Waals surface area contributed by atoms with Crippen LogP contribution in [0.4, 0.5) is 0 Å². The zero-order valence-corrected chi connectivity index (χ0v) is 14.3. The van der Waals surface area contributed by atoms with Crippen molar-refractivity contribution < 1.29 is 14.7 Å². The summed E-state index contributed by atoms with van der Waals surface area (Å²) in [6.45, 7) is 0.960. The van der Waals surface area contributed by atoms with Gasteiger partial charge in [-0.25, -0.2) is 4.98 Å². The van der Waals surface area contributed by atoms with E-state index in [-0.39, 0.29) is 24.5 Å². The zero-order chi connectivity index (χ0) is 16.4. The molecule has 2 N–H and O–H groups in total. The molecule has 0 spiro atoms. The number of carbonyl (C=O) groups is 2. The molecule has 1 aromatic rings. The molecule has 7 heteroatoms. The minimum Gasteiger partial charge on any atom is -0.480 e. The fourth-order valence-corrected chi connectivity index (χ4v) is 3.16. The number of hydrogen-bond acceptors (Lipinski definition) is 4. The highest BCUT2D eigenvalue weighted by molar-refractivity contribution is 9.10. The first-order valence-electron chi connectivity index (χ1n) is 7.89. The normalized spacial score (nSPS) is 23.4. The van der Waals surface area contributed by atoms with Crippen LogP contribution in [0, 0.1) is 5.92 Å². The molecule has 0 radical (unpaired) electrons. The summed E-state index contributed by atoms with van der Waals surface area (Å²) >= 11 is 3.29. The van der Waals surface area contributed by atoms with Crippen LogP contribution >= 0.6 is 15.9 Å². The second-order valence-electron chi connectivity index (χ2n) is 6.42. The molecule has 0 bridgehead atoms. The molecule has 23 heavy (non-hydrogen) atoms. The van der Waals surface area contributed by atoms with E-state index in [0.29, 0.717) is 11.6 Å². The summed E-state index contributed by atoms with van der Waals surface area (Å²) in [6.07, 6.45) is 5.63. The molecule has 124 valence electrons. The first-order chi connectivity index (χ1) is 11.0. The Labute approximate surface area is 143 Å². The van der Waals surface area contributed by atoms with E-state index in [4.69, 9.17) is 5.11 Å². The molecule has 1 heterocycles. The Morgan fingerprint density at radius 1 is 1.35 bits per heavy atom. The van der Waals surface area contributed by atoms with Gasteiger partial charge in [0, 0.05) is 29.3 Å². The third-order valence-electron chi connectivity index (χ3n) is 4.45. The molecule has 0 unspecified atom stereocenters. The number of halogens is 1. The lowest BCUT2D eigenvalue weighted by Crippen LogP contribution is -2.55. The van der Waals surface area contributed by atoms with Crippen LogP contribution in [0.2, 0.25) is 0 Å².